The fourth-order valence-corrected chi connectivity index (χ4v) is 3.68. The molecular weight excluding hydrogens is 354 g/mol. The van der Waals surface area contributed by atoms with Gasteiger partial charge < -0.3 is 9.88 Å². The normalized spacial score (nSPS) is 14.2. The second-order valence-corrected chi connectivity index (χ2v) is 7.56. The van der Waals surface area contributed by atoms with Crippen LogP contribution in [0.3, 0.4) is 0 Å². The number of fused-ring (bicyclic) bond motifs is 2. The maximum absolute atomic E-state index is 12.9. The first kappa shape index (κ1) is 18.4. The van der Waals surface area contributed by atoms with Gasteiger partial charge in [0, 0.05) is 22.9 Å². The van der Waals surface area contributed by atoms with E-state index >= 15 is 0 Å². The predicted molar refractivity (Wildman–Crippen MR) is 107 cm³/mol. The summed E-state index contributed by atoms with van der Waals surface area (Å²) < 4.78 is 3.22. The Morgan fingerprint density at radius 2 is 2.00 bits per heavy atom. The maximum Gasteiger partial charge on any atom is 0.279 e. The van der Waals surface area contributed by atoms with Crippen LogP contribution >= 0.6 is 0 Å². The standard InChI is InChI=1S/C21H25N5O2/c1-4-14(3)22-18(27)12-25-17-7-5-6-16(17)20(28)26-21(25)23-19(24-26)15-10-8-13(2)9-11-15/h8-11,14H,4-7,12H2,1-3H3,(H,22,27)/t14-/m0/s1. The van der Waals surface area contributed by atoms with E-state index in [4.69, 9.17) is 0 Å². The van der Waals surface area contributed by atoms with Gasteiger partial charge in [-0.15, -0.1) is 5.10 Å². The third kappa shape index (κ3) is 3.21. The number of aryl methyl sites for hydroxylation is 1. The molecule has 1 amide bonds. The van der Waals surface area contributed by atoms with Crippen molar-refractivity contribution >= 4 is 11.7 Å². The molecule has 1 aliphatic carbocycles. The van der Waals surface area contributed by atoms with Crippen LogP contribution in [0, 0.1) is 6.92 Å². The Hall–Kier alpha value is -2.96. The van der Waals surface area contributed by atoms with Gasteiger partial charge in [0.2, 0.25) is 11.7 Å². The zero-order chi connectivity index (χ0) is 19.8. The number of hydrogen-bond acceptors (Lipinski definition) is 4. The van der Waals surface area contributed by atoms with Crippen LogP contribution in [0.2, 0.25) is 0 Å². The predicted octanol–water partition coefficient (Wildman–Crippen LogP) is 2.27. The van der Waals surface area contributed by atoms with E-state index in [-0.39, 0.29) is 24.1 Å². The first-order chi connectivity index (χ1) is 13.5. The molecule has 0 spiro atoms. The molecule has 146 valence electrons. The van der Waals surface area contributed by atoms with Crippen molar-refractivity contribution in [3.05, 3.63) is 51.4 Å². The van der Waals surface area contributed by atoms with Crippen LogP contribution in [0.1, 0.15) is 43.5 Å². The molecule has 0 bridgehead atoms. The average Bonchev–Trinajstić information content (AvgIpc) is 3.33. The second kappa shape index (κ2) is 7.22. The molecule has 0 unspecified atom stereocenters. The molecule has 0 radical (unpaired) electrons. The minimum Gasteiger partial charge on any atom is -0.352 e. The number of hydrogen-bond donors (Lipinski definition) is 1. The molecule has 4 rings (SSSR count). The zero-order valence-electron chi connectivity index (χ0n) is 16.5. The quantitative estimate of drug-likeness (QED) is 0.737. The average molecular weight is 379 g/mol. The Bertz CT molecular complexity index is 1090. The summed E-state index contributed by atoms with van der Waals surface area (Å²) in [5.74, 6) is 0.853. The molecule has 2 heterocycles. The number of carbonyl (C=O) groups excluding carboxylic acids is 1. The molecular formula is C21H25N5O2. The van der Waals surface area contributed by atoms with Crippen molar-refractivity contribution in [3.8, 4) is 11.4 Å². The molecule has 0 fully saturated rings. The number of amides is 1. The summed E-state index contributed by atoms with van der Waals surface area (Å²) in [7, 11) is 0. The van der Waals surface area contributed by atoms with Gasteiger partial charge in [0.25, 0.3) is 5.56 Å². The molecule has 7 heteroatoms. The minimum atomic E-state index is -0.119. The maximum atomic E-state index is 12.9. The largest absolute Gasteiger partial charge is 0.352 e. The number of rotatable bonds is 5. The lowest BCUT2D eigenvalue weighted by molar-refractivity contribution is -0.122. The Morgan fingerprint density at radius 1 is 1.25 bits per heavy atom. The van der Waals surface area contributed by atoms with Crippen LogP contribution in [-0.4, -0.2) is 31.1 Å². The van der Waals surface area contributed by atoms with Crippen molar-refractivity contribution in [2.24, 2.45) is 0 Å². The molecule has 0 saturated heterocycles. The highest BCUT2D eigenvalue weighted by Crippen LogP contribution is 2.22. The molecule has 28 heavy (non-hydrogen) atoms. The number of aromatic nitrogens is 4. The van der Waals surface area contributed by atoms with E-state index in [0.29, 0.717) is 11.6 Å². The van der Waals surface area contributed by atoms with Crippen LogP contribution in [0.25, 0.3) is 17.2 Å². The van der Waals surface area contributed by atoms with Gasteiger partial charge in [0.05, 0.1) is 0 Å². The third-order valence-corrected chi connectivity index (χ3v) is 5.43. The van der Waals surface area contributed by atoms with E-state index < -0.39 is 0 Å². The highest BCUT2D eigenvalue weighted by atomic mass is 16.2. The van der Waals surface area contributed by atoms with Gasteiger partial charge in [-0.3, -0.25) is 9.59 Å². The van der Waals surface area contributed by atoms with Gasteiger partial charge >= 0.3 is 0 Å². The lowest BCUT2D eigenvalue weighted by Crippen LogP contribution is -2.36. The van der Waals surface area contributed by atoms with Crippen molar-refractivity contribution in [3.63, 3.8) is 0 Å². The summed E-state index contributed by atoms with van der Waals surface area (Å²) in [5.41, 5.74) is 3.55. The number of carbonyl (C=O) groups is 1. The topological polar surface area (TPSA) is 81.3 Å². The van der Waals surface area contributed by atoms with Crippen molar-refractivity contribution < 1.29 is 4.79 Å². The first-order valence-corrected chi connectivity index (χ1v) is 9.85. The Morgan fingerprint density at radius 3 is 2.71 bits per heavy atom. The molecule has 1 N–H and O–H groups in total. The molecule has 0 aliphatic heterocycles. The van der Waals surface area contributed by atoms with Crippen LogP contribution in [-0.2, 0) is 24.2 Å². The molecule has 3 aromatic rings. The lowest BCUT2D eigenvalue weighted by atomic mass is 10.1. The Kier molecular flexibility index (Phi) is 4.75. The molecule has 0 saturated carbocycles. The van der Waals surface area contributed by atoms with E-state index in [1.165, 1.54) is 4.52 Å². The molecule has 1 aromatic carbocycles. The summed E-state index contributed by atoms with van der Waals surface area (Å²) in [6.07, 6.45) is 3.28. The molecule has 2 aromatic heterocycles. The second-order valence-electron chi connectivity index (χ2n) is 7.56. The smallest absolute Gasteiger partial charge is 0.279 e. The molecule has 1 atom stereocenters. The summed E-state index contributed by atoms with van der Waals surface area (Å²) >= 11 is 0. The summed E-state index contributed by atoms with van der Waals surface area (Å²) in [4.78, 5) is 30.1. The SMILES string of the molecule is CC[C@H](C)NC(=O)Cn1c2c(c(=O)n3nc(-c4ccc(C)cc4)nc13)CCC2. The van der Waals surface area contributed by atoms with Crippen LogP contribution in [0.15, 0.2) is 29.1 Å². The van der Waals surface area contributed by atoms with Crippen LogP contribution < -0.4 is 10.9 Å². The van der Waals surface area contributed by atoms with Crippen molar-refractivity contribution in [2.45, 2.75) is 59.0 Å². The van der Waals surface area contributed by atoms with Crippen molar-refractivity contribution in [1.82, 2.24) is 24.5 Å². The monoisotopic (exact) mass is 379 g/mol. The third-order valence-electron chi connectivity index (χ3n) is 5.43. The number of nitrogens with zero attached hydrogens (tertiary/aromatic N) is 4. The van der Waals surface area contributed by atoms with Crippen LogP contribution in [0.4, 0.5) is 0 Å². The van der Waals surface area contributed by atoms with Crippen LogP contribution in [0.5, 0.6) is 0 Å². The van der Waals surface area contributed by atoms with Gasteiger partial charge in [-0.25, -0.2) is 0 Å². The zero-order valence-corrected chi connectivity index (χ0v) is 16.5. The van der Waals surface area contributed by atoms with E-state index in [1.54, 1.807) is 0 Å². The van der Waals surface area contributed by atoms with Gasteiger partial charge in [-0.1, -0.05) is 36.8 Å². The van der Waals surface area contributed by atoms with E-state index in [9.17, 15) is 9.59 Å². The summed E-state index contributed by atoms with van der Waals surface area (Å²) in [6, 6.07) is 7.99. The fraction of sp³-hybridized carbons (Fsp3) is 0.429. The van der Waals surface area contributed by atoms with E-state index in [0.717, 1.165) is 48.1 Å². The minimum absolute atomic E-state index is 0.0751. The number of benzene rings is 1. The molecule has 1 aliphatic rings. The van der Waals surface area contributed by atoms with Gasteiger partial charge in [-0.2, -0.15) is 9.50 Å². The first-order valence-electron chi connectivity index (χ1n) is 9.85. The molecule has 7 nitrogen and oxygen atoms in total. The highest BCUT2D eigenvalue weighted by Gasteiger charge is 2.25. The fourth-order valence-electron chi connectivity index (χ4n) is 3.68. The number of nitrogens with one attached hydrogen (secondary N) is 1. The lowest BCUT2D eigenvalue weighted by Gasteiger charge is -2.16. The van der Waals surface area contributed by atoms with Crippen molar-refractivity contribution in [2.75, 3.05) is 0 Å². The summed E-state index contributed by atoms with van der Waals surface area (Å²) in [5, 5.41) is 7.47. The summed E-state index contributed by atoms with van der Waals surface area (Å²) in [6.45, 7) is 6.18. The van der Waals surface area contributed by atoms with E-state index in [1.807, 2.05) is 49.6 Å². The van der Waals surface area contributed by atoms with Gasteiger partial charge in [-0.05, 0) is 39.5 Å². The van der Waals surface area contributed by atoms with E-state index in [2.05, 4.69) is 15.4 Å². The van der Waals surface area contributed by atoms with Crippen molar-refractivity contribution in [1.29, 1.82) is 0 Å². The Balaban J connectivity index is 1.83. The highest BCUT2D eigenvalue weighted by molar-refractivity contribution is 5.76. The van der Waals surface area contributed by atoms with Gasteiger partial charge in [0.15, 0.2) is 5.82 Å². The van der Waals surface area contributed by atoms with Gasteiger partial charge in [0.1, 0.15) is 6.54 Å². The Labute approximate surface area is 163 Å².